The molecule has 0 saturated carbocycles. The summed E-state index contributed by atoms with van der Waals surface area (Å²) in [7, 11) is 0. The van der Waals surface area contributed by atoms with E-state index < -0.39 is 16.3 Å². The van der Waals surface area contributed by atoms with E-state index in [9.17, 15) is 14.9 Å². The molecular formula is C13H16Cl2N2O4. The molecule has 21 heavy (non-hydrogen) atoms. The first-order valence-electron chi connectivity index (χ1n) is 6.26. The van der Waals surface area contributed by atoms with Crippen molar-refractivity contribution >= 4 is 34.9 Å². The zero-order valence-electron chi connectivity index (χ0n) is 11.9. The van der Waals surface area contributed by atoms with Crippen LogP contribution in [0.15, 0.2) is 12.1 Å². The molecule has 0 amide bonds. The van der Waals surface area contributed by atoms with E-state index in [0.717, 1.165) is 0 Å². The van der Waals surface area contributed by atoms with Crippen LogP contribution >= 0.6 is 23.2 Å². The Labute approximate surface area is 132 Å². The van der Waals surface area contributed by atoms with E-state index in [1.807, 2.05) is 6.92 Å². The highest BCUT2D eigenvalue weighted by molar-refractivity contribution is 6.42. The minimum absolute atomic E-state index is 0.0594. The standard InChI is InChI=1S/C13H16Cl2N2O4/c1-4-13(2,3)12(18)21-16-7-8-10(17(19)20)6-5-9(14)11(8)15/h5-6,16H,4,7H2,1-3H3. The topological polar surface area (TPSA) is 81.5 Å². The molecule has 8 heteroatoms. The van der Waals surface area contributed by atoms with Crippen LogP contribution in [0.25, 0.3) is 0 Å². The fraction of sp³-hybridized carbons (Fsp3) is 0.462. The minimum atomic E-state index is -0.642. The molecule has 6 nitrogen and oxygen atoms in total. The second-order valence-corrected chi connectivity index (χ2v) is 5.85. The highest BCUT2D eigenvalue weighted by Gasteiger charge is 2.28. The molecule has 1 aromatic carbocycles. The molecule has 0 spiro atoms. The lowest BCUT2D eigenvalue weighted by Gasteiger charge is -2.20. The average molecular weight is 335 g/mol. The molecule has 1 N–H and O–H groups in total. The number of carbonyl (C=O) groups is 1. The summed E-state index contributed by atoms with van der Waals surface area (Å²) in [5.74, 6) is -0.453. The Morgan fingerprint density at radius 3 is 2.57 bits per heavy atom. The molecule has 0 aliphatic heterocycles. The molecule has 0 unspecified atom stereocenters. The number of nitro benzene ring substituents is 1. The summed E-state index contributed by atoms with van der Waals surface area (Å²) in [5.41, 5.74) is 1.74. The van der Waals surface area contributed by atoms with E-state index in [-0.39, 0.29) is 27.8 Å². The van der Waals surface area contributed by atoms with Gasteiger partial charge in [-0.2, -0.15) is 0 Å². The summed E-state index contributed by atoms with van der Waals surface area (Å²) in [6.45, 7) is 5.23. The van der Waals surface area contributed by atoms with Crippen molar-refractivity contribution < 1.29 is 14.6 Å². The third kappa shape index (κ3) is 4.30. The Morgan fingerprint density at radius 1 is 1.43 bits per heavy atom. The number of nitrogens with one attached hydrogen (secondary N) is 1. The number of hydrogen-bond acceptors (Lipinski definition) is 5. The van der Waals surface area contributed by atoms with Crippen LogP contribution in [0, 0.1) is 15.5 Å². The number of nitro groups is 1. The first kappa shape index (κ1) is 17.7. The highest BCUT2D eigenvalue weighted by atomic mass is 35.5. The van der Waals surface area contributed by atoms with E-state index in [0.29, 0.717) is 6.42 Å². The van der Waals surface area contributed by atoms with Crippen LogP contribution in [-0.2, 0) is 16.2 Å². The van der Waals surface area contributed by atoms with Crippen LogP contribution in [-0.4, -0.2) is 10.9 Å². The SMILES string of the molecule is CCC(C)(C)C(=O)ONCc1c([N+](=O)[O-])ccc(Cl)c1Cl. The van der Waals surface area contributed by atoms with Crippen molar-refractivity contribution in [1.82, 2.24) is 5.48 Å². The van der Waals surface area contributed by atoms with Crippen molar-refractivity contribution in [3.63, 3.8) is 0 Å². The maximum Gasteiger partial charge on any atom is 0.330 e. The van der Waals surface area contributed by atoms with Crippen molar-refractivity contribution in [3.05, 3.63) is 37.9 Å². The summed E-state index contributed by atoms with van der Waals surface area (Å²) in [4.78, 5) is 27.1. The molecule has 0 fully saturated rings. The Balaban J connectivity index is 2.83. The molecule has 0 aliphatic rings. The van der Waals surface area contributed by atoms with Gasteiger partial charge in [0.05, 0.1) is 32.5 Å². The number of hydroxylamine groups is 1. The number of hydrogen-bond donors (Lipinski definition) is 1. The van der Waals surface area contributed by atoms with Crippen LogP contribution in [0.5, 0.6) is 0 Å². The van der Waals surface area contributed by atoms with Gasteiger partial charge < -0.3 is 4.84 Å². The number of nitrogens with zero attached hydrogens (tertiary/aromatic N) is 1. The fourth-order valence-electron chi connectivity index (χ4n) is 1.38. The summed E-state index contributed by atoms with van der Waals surface area (Å²) in [5, 5.41) is 11.2. The first-order valence-corrected chi connectivity index (χ1v) is 7.01. The van der Waals surface area contributed by atoms with Gasteiger partial charge in [0, 0.05) is 6.07 Å². The van der Waals surface area contributed by atoms with Gasteiger partial charge in [0.15, 0.2) is 0 Å². The molecule has 0 radical (unpaired) electrons. The Morgan fingerprint density at radius 2 is 2.05 bits per heavy atom. The second-order valence-electron chi connectivity index (χ2n) is 5.06. The van der Waals surface area contributed by atoms with Gasteiger partial charge in [-0.3, -0.25) is 10.1 Å². The van der Waals surface area contributed by atoms with Gasteiger partial charge in [0.2, 0.25) is 0 Å². The van der Waals surface area contributed by atoms with Crippen LogP contribution in [0.1, 0.15) is 32.8 Å². The maximum absolute atomic E-state index is 11.8. The largest absolute Gasteiger partial charge is 0.370 e. The Bertz CT molecular complexity index is 561. The van der Waals surface area contributed by atoms with Gasteiger partial charge in [0.1, 0.15) is 0 Å². The smallest absolute Gasteiger partial charge is 0.330 e. The highest BCUT2D eigenvalue weighted by Crippen LogP contribution is 2.32. The number of carbonyl (C=O) groups excluding carboxylic acids is 1. The molecule has 116 valence electrons. The van der Waals surface area contributed by atoms with Crippen molar-refractivity contribution in [2.24, 2.45) is 5.41 Å². The van der Waals surface area contributed by atoms with Crippen LogP contribution < -0.4 is 5.48 Å². The van der Waals surface area contributed by atoms with E-state index in [1.165, 1.54) is 12.1 Å². The van der Waals surface area contributed by atoms with Crippen LogP contribution in [0.3, 0.4) is 0 Å². The van der Waals surface area contributed by atoms with Crippen LogP contribution in [0.2, 0.25) is 10.0 Å². The molecule has 0 saturated heterocycles. The van der Waals surface area contributed by atoms with Gasteiger partial charge >= 0.3 is 5.97 Å². The monoisotopic (exact) mass is 334 g/mol. The minimum Gasteiger partial charge on any atom is -0.370 e. The number of rotatable bonds is 6. The molecule has 0 aliphatic carbocycles. The molecule has 0 bridgehead atoms. The van der Waals surface area contributed by atoms with E-state index >= 15 is 0 Å². The molecule has 0 atom stereocenters. The Kier molecular flexibility index (Phi) is 5.95. The zero-order valence-corrected chi connectivity index (χ0v) is 13.4. The van der Waals surface area contributed by atoms with E-state index in [1.54, 1.807) is 13.8 Å². The van der Waals surface area contributed by atoms with E-state index in [4.69, 9.17) is 28.0 Å². The maximum atomic E-state index is 11.8. The van der Waals surface area contributed by atoms with Crippen molar-refractivity contribution in [1.29, 1.82) is 0 Å². The van der Waals surface area contributed by atoms with Crippen molar-refractivity contribution in [2.45, 2.75) is 33.7 Å². The second kappa shape index (κ2) is 7.06. The molecule has 1 rings (SSSR count). The third-order valence-corrected chi connectivity index (χ3v) is 4.06. The first-order chi connectivity index (χ1) is 9.70. The fourth-order valence-corrected chi connectivity index (χ4v) is 1.78. The summed E-state index contributed by atoms with van der Waals surface area (Å²) >= 11 is 11.8. The molecule has 1 aromatic rings. The van der Waals surface area contributed by atoms with Gasteiger partial charge in [-0.05, 0) is 26.3 Å². The Hall–Kier alpha value is -1.37. The zero-order chi connectivity index (χ0) is 16.2. The van der Waals surface area contributed by atoms with Gasteiger partial charge in [0.25, 0.3) is 5.69 Å². The number of halogens is 2. The average Bonchev–Trinajstić information content (AvgIpc) is 2.42. The third-order valence-electron chi connectivity index (χ3n) is 3.22. The normalized spacial score (nSPS) is 11.3. The quantitative estimate of drug-likeness (QED) is 0.630. The van der Waals surface area contributed by atoms with E-state index in [2.05, 4.69) is 5.48 Å². The molecular weight excluding hydrogens is 319 g/mol. The summed E-state index contributed by atoms with van der Waals surface area (Å²) in [6.07, 6.45) is 0.603. The van der Waals surface area contributed by atoms with Crippen molar-refractivity contribution in [2.75, 3.05) is 0 Å². The van der Waals surface area contributed by atoms with Gasteiger partial charge in [-0.25, -0.2) is 4.79 Å². The number of benzene rings is 1. The predicted molar refractivity (Wildman–Crippen MR) is 80.1 cm³/mol. The molecule has 0 aromatic heterocycles. The lowest BCUT2D eigenvalue weighted by Crippen LogP contribution is -2.31. The van der Waals surface area contributed by atoms with Gasteiger partial charge in [-0.1, -0.05) is 30.1 Å². The summed E-state index contributed by atoms with van der Waals surface area (Å²) in [6, 6.07) is 2.60. The van der Waals surface area contributed by atoms with Crippen LogP contribution in [0.4, 0.5) is 5.69 Å². The van der Waals surface area contributed by atoms with Gasteiger partial charge in [-0.15, -0.1) is 5.48 Å². The molecule has 0 heterocycles. The lowest BCUT2D eigenvalue weighted by molar-refractivity contribution is -0.385. The summed E-state index contributed by atoms with van der Waals surface area (Å²) < 4.78 is 0. The predicted octanol–water partition coefficient (Wildman–Crippen LogP) is 3.89. The van der Waals surface area contributed by atoms with Crippen molar-refractivity contribution in [3.8, 4) is 0 Å². The lowest BCUT2D eigenvalue weighted by atomic mass is 9.91.